The van der Waals surface area contributed by atoms with Crippen molar-refractivity contribution >= 4 is 5.91 Å². The Hall–Kier alpha value is -1.66. The number of carbonyl (C=O) groups excluding carboxylic acids is 1. The predicted octanol–water partition coefficient (Wildman–Crippen LogP) is 1.27. The Bertz CT molecular complexity index is 563. The molecule has 24 heavy (non-hydrogen) atoms. The van der Waals surface area contributed by atoms with Crippen molar-refractivity contribution in [2.75, 3.05) is 39.8 Å². The summed E-state index contributed by atoms with van der Waals surface area (Å²) in [5.74, 6) is 0.873. The Morgan fingerprint density at radius 3 is 2.96 bits per heavy atom. The van der Waals surface area contributed by atoms with E-state index in [9.17, 15) is 4.79 Å². The van der Waals surface area contributed by atoms with E-state index >= 15 is 0 Å². The summed E-state index contributed by atoms with van der Waals surface area (Å²) < 4.78 is 5.41. The molecule has 1 aromatic heterocycles. The first-order valence-corrected chi connectivity index (χ1v) is 8.89. The van der Waals surface area contributed by atoms with Crippen LogP contribution >= 0.6 is 0 Å². The molecule has 132 valence electrons. The van der Waals surface area contributed by atoms with Gasteiger partial charge in [0.2, 0.25) is 11.8 Å². The average molecular weight is 332 g/mol. The SMILES string of the molecule is CCOc1ccc(CN2CCN(C)[C@]3(CCNC(=O)CC3)C2)cn1. The molecule has 6 heteroatoms. The lowest BCUT2D eigenvalue weighted by Crippen LogP contribution is -2.60. The van der Waals surface area contributed by atoms with E-state index in [1.54, 1.807) is 0 Å². The summed E-state index contributed by atoms with van der Waals surface area (Å²) in [5.41, 5.74) is 1.32. The van der Waals surface area contributed by atoms with E-state index in [0.29, 0.717) is 18.9 Å². The molecule has 6 nitrogen and oxygen atoms in total. The quantitative estimate of drug-likeness (QED) is 0.900. The number of piperazine rings is 1. The third-order valence-corrected chi connectivity index (χ3v) is 5.31. The highest BCUT2D eigenvalue weighted by Gasteiger charge is 2.40. The Balaban J connectivity index is 1.65. The van der Waals surface area contributed by atoms with Gasteiger partial charge in [-0.2, -0.15) is 0 Å². The van der Waals surface area contributed by atoms with Gasteiger partial charge in [0.05, 0.1) is 6.61 Å². The Labute approximate surface area is 144 Å². The summed E-state index contributed by atoms with van der Waals surface area (Å²) in [6.45, 7) is 7.38. The lowest BCUT2D eigenvalue weighted by atomic mass is 9.86. The fourth-order valence-corrected chi connectivity index (χ4v) is 3.81. The third kappa shape index (κ3) is 3.87. The summed E-state index contributed by atoms with van der Waals surface area (Å²) in [7, 11) is 2.20. The van der Waals surface area contributed by atoms with Crippen LogP contribution in [0.25, 0.3) is 0 Å². The number of nitrogens with zero attached hydrogens (tertiary/aromatic N) is 3. The van der Waals surface area contributed by atoms with Gasteiger partial charge in [0, 0.05) is 56.9 Å². The number of amides is 1. The number of pyridine rings is 1. The maximum atomic E-state index is 11.7. The van der Waals surface area contributed by atoms with Crippen molar-refractivity contribution < 1.29 is 9.53 Å². The van der Waals surface area contributed by atoms with Gasteiger partial charge in [-0.15, -0.1) is 0 Å². The van der Waals surface area contributed by atoms with Crippen LogP contribution in [0, 0.1) is 0 Å². The summed E-state index contributed by atoms with van der Waals surface area (Å²) in [4.78, 5) is 21.0. The normalized spacial score (nSPS) is 26.2. The van der Waals surface area contributed by atoms with Crippen LogP contribution < -0.4 is 10.1 Å². The van der Waals surface area contributed by atoms with Crippen molar-refractivity contribution in [3.05, 3.63) is 23.9 Å². The van der Waals surface area contributed by atoms with E-state index in [4.69, 9.17) is 4.74 Å². The lowest BCUT2D eigenvalue weighted by molar-refractivity contribution is -0.121. The van der Waals surface area contributed by atoms with Gasteiger partial charge < -0.3 is 10.1 Å². The molecule has 2 aliphatic rings. The van der Waals surface area contributed by atoms with Crippen molar-refractivity contribution in [2.24, 2.45) is 0 Å². The van der Waals surface area contributed by atoms with Crippen LogP contribution in [0.4, 0.5) is 0 Å². The molecular weight excluding hydrogens is 304 g/mol. The molecule has 1 N–H and O–H groups in total. The standard InChI is InChI=1S/C18H28N4O2/c1-3-24-17-5-4-15(12-20-17)13-22-11-10-21(2)18(14-22)7-6-16(23)19-9-8-18/h4-5,12H,3,6-11,13-14H2,1-2H3,(H,19,23)/t18-/m1/s1. The summed E-state index contributed by atoms with van der Waals surface area (Å²) in [6, 6.07) is 4.04. The molecule has 1 atom stereocenters. The molecule has 1 amide bonds. The van der Waals surface area contributed by atoms with Crippen LogP contribution in [0.5, 0.6) is 5.88 Å². The zero-order valence-electron chi connectivity index (χ0n) is 14.8. The van der Waals surface area contributed by atoms with Gasteiger partial charge in [-0.1, -0.05) is 6.07 Å². The van der Waals surface area contributed by atoms with Gasteiger partial charge in [0.1, 0.15) is 0 Å². The minimum atomic E-state index is 0.107. The summed E-state index contributed by atoms with van der Waals surface area (Å²) >= 11 is 0. The van der Waals surface area contributed by atoms with Crippen molar-refractivity contribution in [3.8, 4) is 5.88 Å². The number of nitrogens with one attached hydrogen (secondary N) is 1. The summed E-state index contributed by atoms with van der Waals surface area (Å²) in [6.07, 6.45) is 4.50. The highest BCUT2D eigenvalue weighted by molar-refractivity contribution is 5.76. The fourth-order valence-electron chi connectivity index (χ4n) is 3.81. The molecule has 2 aliphatic heterocycles. The highest BCUT2D eigenvalue weighted by Crippen LogP contribution is 2.31. The number of rotatable bonds is 4. The molecule has 1 aromatic rings. The molecule has 2 fully saturated rings. The first-order chi connectivity index (χ1) is 11.6. The number of ether oxygens (including phenoxy) is 1. The van der Waals surface area contributed by atoms with E-state index in [-0.39, 0.29) is 11.4 Å². The molecule has 3 heterocycles. The Kier molecular flexibility index (Phi) is 5.36. The largest absolute Gasteiger partial charge is 0.478 e. The second-order valence-electron chi connectivity index (χ2n) is 6.89. The molecule has 0 radical (unpaired) electrons. The fraction of sp³-hybridized carbons (Fsp3) is 0.667. The number of hydrogen-bond acceptors (Lipinski definition) is 5. The number of aromatic nitrogens is 1. The number of likely N-dealkylation sites (N-methyl/N-ethyl adjacent to an activating group) is 1. The van der Waals surface area contributed by atoms with Gasteiger partial charge in [-0.3, -0.25) is 14.6 Å². The number of hydrogen-bond donors (Lipinski definition) is 1. The molecule has 0 unspecified atom stereocenters. The van der Waals surface area contributed by atoms with Crippen molar-refractivity contribution in [3.63, 3.8) is 0 Å². The second-order valence-corrected chi connectivity index (χ2v) is 6.89. The minimum Gasteiger partial charge on any atom is -0.478 e. The molecule has 0 aliphatic carbocycles. The summed E-state index contributed by atoms with van der Waals surface area (Å²) in [5, 5.41) is 3.01. The van der Waals surface area contributed by atoms with Crippen LogP contribution in [-0.4, -0.2) is 66.1 Å². The zero-order valence-corrected chi connectivity index (χ0v) is 14.8. The van der Waals surface area contributed by atoms with Crippen LogP contribution in [-0.2, 0) is 11.3 Å². The van der Waals surface area contributed by atoms with Crippen molar-refractivity contribution in [1.29, 1.82) is 0 Å². The van der Waals surface area contributed by atoms with Gasteiger partial charge in [-0.25, -0.2) is 4.98 Å². The first-order valence-electron chi connectivity index (χ1n) is 8.89. The number of carbonyl (C=O) groups is 1. The average Bonchev–Trinajstić information content (AvgIpc) is 2.76. The molecule has 1 spiro atoms. The molecule has 2 saturated heterocycles. The van der Waals surface area contributed by atoms with Crippen molar-refractivity contribution in [2.45, 2.75) is 38.3 Å². The van der Waals surface area contributed by atoms with Gasteiger partial charge >= 0.3 is 0 Å². The second kappa shape index (κ2) is 7.49. The first kappa shape index (κ1) is 17.2. The monoisotopic (exact) mass is 332 g/mol. The lowest BCUT2D eigenvalue weighted by Gasteiger charge is -2.49. The molecule has 0 saturated carbocycles. The van der Waals surface area contributed by atoms with Crippen LogP contribution in [0.3, 0.4) is 0 Å². The predicted molar refractivity (Wildman–Crippen MR) is 92.9 cm³/mol. The van der Waals surface area contributed by atoms with Crippen LogP contribution in [0.15, 0.2) is 18.3 Å². The Morgan fingerprint density at radius 2 is 2.21 bits per heavy atom. The van der Waals surface area contributed by atoms with Crippen molar-refractivity contribution in [1.82, 2.24) is 20.1 Å². The van der Waals surface area contributed by atoms with Gasteiger partial charge in [-0.05, 0) is 32.4 Å². The molecule has 0 aromatic carbocycles. The third-order valence-electron chi connectivity index (χ3n) is 5.31. The van der Waals surface area contributed by atoms with Crippen LogP contribution in [0.2, 0.25) is 0 Å². The minimum absolute atomic E-state index is 0.107. The maximum absolute atomic E-state index is 11.7. The van der Waals surface area contributed by atoms with Gasteiger partial charge in [0.25, 0.3) is 0 Å². The van der Waals surface area contributed by atoms with E-state index < -0.39 is 0 Å². The van der Waals surface area contributed by atoms with E-state index in [2.05, 4.69) is 33.2 Å². The topological polar surface area (TPSA) is 57.7 Å². The highest BCUT2D eigenvalue weighted by atomic mass is 16.5. The van der Waals surface area contributed by atoms with E-state index in [1.807, 2.05) is 19.2 Å². The van der Waals surface area contributed by atoms with Crippen LogP contribution in [0.1, 0.15) is 31.7 Å². The smallest absolute Gasteiger partial charge is 0.220 e. The zero-order chi connectivity index (χ0) is 17.0. The van der Waals surface area contributed by atoms with E-state index in [1.165, 1.54) is 5.56 Å². The molecule has 3 rings (SSSR count). The Morgan fingerprint density at radius 1 is 1.33 bits per heavy atom. The molecular formula is C18H28N4O2. The maximum Gasteiger partial charge on any atom is 0.220 e. The van der Waals surface area contributed by atoms with E-state index in [0.717, 1.165) is 45.6 Å². The molecule has 0 bridgehead atoms. The van der Waals surface area contributed by atoms with Gasteiger partial charge in [0.15, 0.2) is 0 Å².